The summed E-state index contributed by atoms with van der Waals surface area (Å²) in [6.07, 6.45) is 5.73. The zero-order valence-electron chi connectivity index (χ0n) is 27.3. The van der Waals surface area contributed by atoms with Crippen LogP contribution in [0.4, 0.5) is 4.79 Å². The normalized spacial score (nSPS) is 13.2. The summed E-state index contributed by atoms with van der Waals surface area (Å²) in [6, 6.07) is 12.6. The van der Waals surface area contributed by atoms with Crippen molar-refractivity contribution in [2.45, 2.75) is 70.6 Å². The molecule has 0 heterocycles. The molecule has 2 aromatic rings. The van der Waals surface area contributed by atoms with E-state index in [0.29, 0.717) is 64.2 Å². The molecule has 0 spiro atoms. The van der Waals surface area contributed by atoms with Crippen LogP contribution >= 0.6 is 0 Å². The van der Waals surface area contributed by atoms with Crippen LogP contribution in [0, 0.1) is 0 Å². The monoisotopic (exact) mass is 622 g/mol. The van der Waals surface area contributed by atoms with Gasteiger partial charge < -0.3 is 35.4 Å². The summed E-state index contributed by atoms with van der Waals surface area (Å²) >= 11 is 0. The third-order valence-electron chi connectivity index (χ3n) is 7.64. The van der Waals surface area contributed by atoms with Crippen LogP contribution in [0.3, 0.4) is 0 Å². The van der Waals surface area contributed by atoms with Gasteiger partial charge in [0.15, 0.2) is 1.41 Å². The molecule has 0 saturated heterocycles. The maximum Gasteiger partial charge on any atom is 0.404 e. The van der Waals surface area contributed by atoms with Gasteiger partial charge in [-0.2, -0.15) is 0 Å². The summed E-state index contributed by atoms with van der Waals surface area (Å²) < 4.78 is 23.2. The highest BCUT2D eigenvalue weighted by Crippen LogP contribution is 2.46. The number of rotatable bonds is 22. The molecular weight excluding hydrogens is 574 g/mol. The molecule has 1 atom stereocenters. The molecule has 0 fully saturated rings. The summed E-state index contributed by atoms with van der Waals surface area (Å²) in [5, 5.41) is 5.72. The fourth-order valence-electron chi connectivity index (χ4n) is 5.34. The van der Waals surface area contributed by atoms with Gasteiger partial charge in [-0.1, -0.05) is 56.3 Å². The first-order valence-corrected chi connectivity index (χ1v) is 15.8. The minimum absolute atomic E-state index is 0.0109. The number of aldehydes is 1. The van der Waals surface area contributed by atoms with Gasteiger partial charge in [0.05, 0.1) is 25.3 Å². The molecule has 10 nitrogen and oxygen atoms in total. The van der Waals surface area contributed by atoms with Gasteiger partial charge in [0.25, 0.3) is 0 Å². The number of fused-ring (bicyclic) bond motifs is 3. The Hall–Kier alpha value is -4.18. The third kappa shape index (κ3) is 12.0. The van der Waals surface area contributed by atoms with Crippen molar-refractivity contribution >= 4 is 24.2 Å². The van der Waals surface area contributed by atoms with Gasteiger partial charge in [-0.3, -0.25) is 9.59 Å². The SMILES string of the molecule is [2H]NC(=O)OCC1c2cc(CCCC(=O)NCCOCCCC)ccc2-c2ccc(CCCC(=O)NCCOC(=C)CC=O)cc21. The number of hydrogen-bond donors (Lipinski definition) is 3. The molecule has 0 aliphatic heterocycles. The van der Waals surface area contributed by atoms with Crippen molar-refractivity contribution in [3.05, 3.63) is 71.0 Å². The number of amides is 3. The topological polar surface area (TPSA) is 146 Å². The van der Waals surface area contributed by atoms with Crippen molar-refractivity contribution in [3.63, 3.8) is 0 Å². The first-order chi connectivity index (χ1) is 22.4. The summed E-state index contributed by atoms with van der Waals surface area (Å²) in [4.78, 5) is 46.8. The van der Waals surface area contributed by atoms with E-state index in [0.717, 1.165) is 58.9 Å². The molecule has 0 radical (unpaired) electrons. The van der Waals surface area contributed by atoms with Crippen LogP contribution < -0.4 is 16.4 Å². The number of hydrogen-bond acceptors (Lipinski definition) is 7. The predicted octanol–water partition coefficient (Wildman–Crippen LogP) is 4.71. The molecule has 3 amide bonds. The van der Waals surface area contributed by atoms with E-state index in [4.69, 9.17) is 15.6 Å². The van der Waals surface area contributed by atoms with Crippen LogP contribution in [-0.2, 0) is 41.4 Å². The van der Waals surface area contributed by atoms with Gasteiger partial charge in [-0.05, 0) is 65.5 Å². The third-order valence-corrected chi connectivity index (χ3v) is 7.64. The molecular formula is C35H47N3O7. The molecule has 0 saturated carbocycles. The number of primary amides is 1. The van der Waals surface area contributed by atoms with E-state index in [2.05, 4.69) is 60.5 Å². The van der Waals surface area contributed by atoms with Gasteiger partial charge in [-0.15, -0.1) is 0 Å². The first kappa shape index (κ1) is 33.7. The van der Waals surface area contributed by atoms with Crippen molar-refractivity contribution in [2.24, 2.45) is 5.73 Å². The number of carbonyl (C=O) groups is 4. The van der Waals surface area contributed by atoms with E-state index >= 15 is 0 Å². The zero-order chi connectivity index (χ0) is 33.1. The Balaban J connectivity index is 1.55. The van der Waals surface area contributed by atoms with Crippen molar-refractivity contribution in [1.29, 1.82) is 0 Å². The predicted molar refractivity (Wildman–Crippen MR) is 173 cm³/mol. The van der Waals surface area contributed by atoms with Crippen LogP contribution in [-0.4, -0.2) is 63.7 Å². The Kier molecular flexibility index (Phi) is 14.4. The van der Waals surface area contributed by atoms with Crippen molar-refractivity contribution in [1.82, 2.24) is 10.6 Å². The summed E-state index contributed by atoms with van der Waals surface area (Å²) in [6.45, 7) is 8.18. The van der Waals surface area contributed by atoms with Crippen molar-refractivity contribution in [3.8, 4) is 11.1 Å². The lowest BCUT2D eigenvalue weighted by Gasteiger charge is -2.15. The molecule has 0 aromatic heterocycles. The number of benzene rings is 2. The Bertz CT molecular complexity index is 1330. The maximum absolute atomic E-state index is 12.3. The van der Waals surface area contributed by atoms with Crippen LogP contribution in [0.25, 0.3) is 11.1 Å². The highest BCUT2D eigenvalue weighted by Gasteiger charge is 2.30. The van der Waals surface area contributed by atoms with Crippen molar-refractivity contribution in [2.75, 3.05) is 39.5 Å². The standard InChI is InChI=1S/C35H47N3O7/c1-3-4-19-43-20-16-37-33(40)9-5-7-26-11-13-28-29-14-12-27(23-31(29)32(30(28)22-26)24-45-35(36)42)8-6-10-34(41)38-17-21-44-25(2)15-18-39/h11-14,18,22-23,32H,2-10,15-17,19-21,24H2,1H3,(H2,36,42)(H,37,40)(H,38,41)/i/hD. The van der Waals surface area contributed by atoms with Gasteiger partial charge in [-0.25, -0.2) is 4.79 Å². The molecule has 1 unspecified atom stereocenters. The second-order valence-electron chi connectivity index (χ2n) is 11.1. The fourth-order valence-corrected chi connectivity index (χ4v) is 5.34. The van der Waals surface area contributed by atoms with Gasteiger partial charge in [0.2, 0.25) is 11.8 Å². The Morgan fingerprint density at radius 2 is 1.49 bits per heavy atom. The van der Waals surface area contributed by atoms with E-state index in [1.54, 1.807) is 5.73 Å². The van der Waals surface area contributed by atoms with E-state index in [1.165, 1.54) is 0 Å². The minimum Gasteiger partial charge on any atom is -0.496 e. The molecule has 45 heavy (non-hydrogen) atoms. The van der Waals surface area contributed by atoms with E-state index in [1.807, 2.05) is 0 Å². The lowest BCUT2D eigenvalue weighted by Crippen LogP contribution is -2.27. The first-order valence-electron chi connectivity index (χ1n) is 16.3. The molecule has 10 heteroatoms. The maximum atomic E-state index is 12.3. The van der Waals surface area contributed by atoms with Crippen LogP contribution in [0.1, 0.15) is 80.0 Å². The van der Waals surface area contributed by atoms with Gasteiger partial charge >= 0.3 is 6.09 Å². The van der Waals surface area contributed by atoms with Crippen LogP contribution in [0.15, 0.2) is 48.7 Å². The highest BCUT2D eigenvalue weighted by atomic mass is 16.5. The average Bonchev–Trinajstić information content (AvgIpc) is 3.35. The number of nitrogens with two attached hydrogens (primary N) is 1. The number of aryl methyl sites for hydroxylation is 2. The van der Waals surface area contributed by atoms with E-state index in [9.17, 15) is 19.2 Å². The van der Waals surface area contributed by atoms with Crippen LogP contribution in [0.5, 0.6) is 0 Å². The smallest absolute Gasteiger partial charge is 0.404 e. The Morgan fingerprint density at radius 3 is 2.04 bits per heavy atom. The summed E-state index contributed by atoms with van der Waals surface area (Å²) in [5.41, 5.74) is 8.18. The quantitative estimate of drug-likeness (QED) is 0.0980. The number of carbonyl (C=O) groups excluding carboxylic acids is 4. The summed E-state index contributed by atoms with van der Waals surface area (Å²) in [7, 11) is 0. The largest absolute Gasteiger partial charge is 0.496 e. The van der Waals surface area contributed by atoms with Gasteiger partial charge in [0.1, 0.15) is 19.5 Å². The fraction of sp³-hybridized carbons (Fsp3) is 0.486. The number of allylic oxidation sites excluding steroid dienone is 1. The molecule has 2 aromatic carbocycles. The molecule has 0 bridgehead atoms. The molecule has 1 aliphatic rings. The number of unbranched alkanes of at least 4 members (excludes halogenated alkanes) is 1. The molecule has 3 rings (SSSR count). The molecule has 4 N–H and O–H groups in total. The van der Waals surface area contributed by atoms with Crippen LogP contribution in [0.2, 0.25) is 1.41 Å². The summed E-state index contributed by atoms with van der Waals surface area (Å²) in [5.74, 6) is 0.113. The molecule has 244 valence electrons. The number of ether oxygens (including phenoxy) is 3. The zero-order valence-corrected chi connectivity index (χ0v) is 26.3. The van der Waals surface area contributed by atoms with Gasteiger partial charge in [0, 0.05) is 31.9 Å². The van der Waals surface area contributed by atoms with E-state index in [-0.39, 0.29) is 37.4 Å². The second kappa shape index (κ2) is 19.3. The van der Waals surface area contributed by atoms with Crippen molar-refractivity contribution < 1.29 is 34.8 Å². The Labute approximate surface area is 267 Å². The lowest BCUT2D eigenvalue weighted by atomic mass is 9.94. The lowest BCUT2D eigenvalue weighted by molar-refractivity contribution is -0.122. The molecule has 1 aliphatic carbocycles. The minimum atomic E-state index is -0.812. The Morgan fingerprint density at radius 1 is 0.889 bits per heavy atom. The average molecular weight is 623 g/mol. The highest BCUT2D eigenvalue weighted by molar-refractivity contribution is 5.80. The van der Waals surface area contributed by atoms with E-state index < -0.39 is 6.09 Å². The number of nitrogens with one attached hydrogen (secondary N) is 2. The second-order valence-corrected chi connectivity index (χ2v) is 11.1.